The first-order chi connectivity index (χ1) is 13.3. The van der Waals surface area contributed by atoms with Gasteiger partial charge in [-0.2, -0.15) is 0 Å². The fourth-order valence-corrected chi connectivity index (χ4v) is 3.77. The van der Waals surface area contributed by atoms with E-state index < -0.39 is 0 Å². The van der Waals surface area contributed by atoms with Crippen LogP contribution < -0.4 is 10.6 Å². The highest BCUT2D eigenvalue weighted by molar-refractivity contribution is 14.0. The lowest BCUT2D eigenvalue weighted by Gasteiger charge is -2.37. The Kier molecular flexibility index (Phi) is 10.5. The molecule has 1 aromatic rings. The van der Waals surface area contributed by atoms with Crippen molar-refractivity contribution in [3.63, 3.8) is 0 Å². The van der Waals surface area contributed by atoms with Crippen LogP contribution in [0.2, 0.25) is 0 Å². The van der Waals surface area contributed by atoms with Crippen LogP contribution in [0.1, 0.15) is 24.5 Å². The van der Waals surface area contributed by atoms with E-state index in [1.807, 2.05) is 0 Å². The molecule has 2 aliphatic rings. The summed E-state index contributed by atoms with van der Waals surface area (Å²) in [5, 5.41) is 6.95. The minimum absolute atomic E-state index is 0. The molecule has 3 rings (SSSR count). The van der Waals surface area contributed by atoms with Crippen LogP contribution in [0.15, 0.2) is 29.3 Å². The predicted molar refractivity (Wildman–Crippen MR) is 125 cm³/mol. The predicted octanol–water partition coefficient (Wildman–Crippen LogP) is 2.41. The van der Waals surface area contributed by atoms with Crippen molar-refractivity contribution < 1.29 is 9.47 Å². The van der Waals surface area contributed by atoms with Crippen molar-refractivity contribution in [2.45, 2.75) is 32.9 Å². The number of ether oxygens (including phenoxy) is 2. The van der Waals surface area contributed by atoms with Gasteiger partial charge in [-0.25, -0.2) is 4.99 Å². The Hall–Kier alpha value is -0.900. The van der Waals surface area contributed by atoms with Gasteiger partial charge >= 0.3 is 0 Å². The third-order valence-electron chi connectivity index (χ3n) is 5.39. The number of nitrogens with zero attached hydrogens (tertiary/aromatic N) is 2. The van der Waals surface area contributed by atoms with Gasteiger partial charge in [0.2, 0.25) is 0 Å². The number of hydrogen-bond acceptors (Lipinski definition) is 4. The molecule has 1 aromatic carbocycles. The highest BCUT2D eigenvalue weighted by Gasteiger charge is 2.31. The maximum absolute atomic E-state index is 5.67. The molecule has 2 atom stereocenters. The van der Waals surface area contributed by atoms with Crippen molar-refractivity contribution in [3.05, 3.63) is 35.4 Å². The highest BCUT2D eigenvalue weighted by Crippen LogP contribution is 2.21. The monoisotopic (exact) mass is 502 g/mol. The van der Waals surface area contributed by atoms with E-state index in [1.165, 1.54) is 11.1 Å². The Morgan fingerprint density at radius 2 is 1.89 bits per heavy atom. The molecule has 0 aliphatic carbocycles. The van der Waals surface area contributed by atoms with Gasteiger partial charge < -0.3 is 20.1 Å². The first-order valence-electron chi connectivity index (χ1n) is 10.2. The Balaban J connectivity index is 0.00000280. The number of aryl methyl sites for hydroxylation is 1. The number of guanidine groups is 1. The number of benzene rings is 1. The average Bonchev–Trinajstić information content (AvgIpc) is 3.23. The van der Waals surface area contributed by atoms with E-state index in [0.717, 1.165) is 65.0 Å². The fraction of sp³-hybridized carbons (Fsp3) is 0.667. The molecule has 0 radical (unpaired) electrons. The van der Waals surface area contributed by atoms with E-state index in [2.05, 4.69) is 53.6 Å². The molecule has 2 N–H and O–H groups in total. The van der Waals surface area contributed by atoms with Crippen molar-refractivity contribution in [1.29, 1.82) is 0 Å². The summed E-state index contributed by atoms with van der Waals surface area (Å²) >= 11 is 0. The number of morpholine rings is 1. The van der Waals surface area contributed by atoms with Gasteiger partial charge in [0.05, 0.1) is 26.4 Å². The van der Waals surface area contributed by atoms with Crippen LogP contribution in [0.4, 0.5) is 0 Å². The van der Waals surface area contributed by atoms with Crippen LogP contribution in [0, 0.1) is 12.8 Å². The lowest BCUT2D eigenvalue weighted by atomic mass is 9.97. The van der Waals surface area contributed by atoms with Crippen molar-refractivity contribution in [2.24, 2.45) is 10.9 Å². The summed E-state index contributed by atoms with van der Waals surface area (Å²) in [6.45, 7) is 12.0. The van der Waals surface area contributed by atoms with E-state index in [4.69, 9.17) is 14.5 Å². The number of rotatable bonds is 7. The summed E-state index contributed by atoms with van der Waals surface area (Å²) in [6.07, 6.45) is 1.14. The maximum atomic E-state index is 5.67. The standard InChI is InChI=1S/C21H34N4O2.HI/c1-3-22-21(23-14-18-6-4-17(2)5-7-18)24-15-20(19-8-11-27-16-19)25-9-12-26-13-10-25;/h4-7,19-20H,3,8-16H2,1-2H3,(H2,22,23,24);1H. The maximum Gasteiger partial charge on any atom is 0.191 e. The van der Waals surface area contributed by atoms with Gasteiger partial charge in [-0.05, 0) is 25.8 Å². The molecule has 2 heterocycles. The molecular formula is C21H35IN4O2. The first-order valence-corrected chi connectivity index (χ1v) is 10.2. The molecule has 0 saturated carbocycles. The van der Waals surface area contributed by atoms with Crippen LogP contribution in [0.5, 0.6) is 0 Å². The van der Waals surface area contributed by atoms with Gasteiger partial charge in [-0.15, -0.1) is 24.0 Å². The average molecular weight is 502 g/mol. The van der Waals surface area contributed by atoms with Gasteiger partial charge in [-0.1, -0.05) is 29.8 Å². The van der Waals surface area contributed by atoms with Crippen molar-refractivity contribution in [2.75, 3.05) is 52.6 Å². The van der Waals surface area contributed by atoms with Gasteiger partial charge in [0.1, 0.15) is 0 Å². The zero-order chi connectivity index (χ0) is 18.9. The Bertz CT molecular complexity index is 585. The SMILES string of the molecule is CCNC(=NCc1ccc(C)cc1)NCC(C1CCOC1)N1CCOCC1.I. The zero-order valence-corrected chi connectivity index (χ0v) is 19.5. The second-order valence-corrected chi connectivity index (χ2v) is 7.40. The van der Waals surface area contributed by atoms with E-state index in [0.29, 0.717) is 18.5 Å². The zero-order valence-electron chi connectivity index (χ0n) is 17.2. The molecule has 0 amide bonds. The smallest absolute Gasteiger partial charge is 0.191 e. The van der Waals surface area contributed by atoms with E-state index in [-0.39, 0.29) is 24.0 Å². The molecule has 7 heteroatoms. The van der Waals surface area contributed by atoms with Crippen molar-refractivity contribution >= 4 is 29.9 Å². The van der Waals surface area contributed by atoms with Crippen LogP contribution in [0.25, 0.3) is 0 Å². The van der Waals surface area contributed by atoms with Crippen LogP contribution >= 0.6 is 24.0 Å². The highest BCUT2D eigenvalue weighted by atomic mass is 127. The molecule has 2 aliphatic heterocycles. The minimum Gasteiger partial charge on any atom is -0.381 e. The van der Waals surface area contributed by atoms with Gasteiger partial charge in [0.25, 0.3) is 0 Å². The van der Waals surface area contributed by atoms with Crippen LogP contribution in [-0.2, 0) is 16.0 Å². The largest absolute Gasteiger partial charge is 0.381 e. The number of nitrogens with one attached hydrogen (secondary N) is 2. The topological polar surface area (TPSA) is 58.1 Å². The quantitative estimate of drug-likeness (QED) is 0.341. The molecule has 0 spiro atoms. The van der Waals surface area contributed by atoms with Gasteiger partial charge in [0.15, 0.2) is 5.96 Å². The lowest BCUT2D eigenvalue weighted by Crippen LogP contribution is -2.53. The van der Waals surface area contributed by atoms with Crippen molar-refractivity contribution in [3.8, 4) is 0 Å². The van der Waals surface area contributed by atoms with Crippen molar-refractivity contribution in [1.82, 2.24) is 15.5 Å². The van der Waals surface area contributed by atoms with Crippen LogP contribution in [0.3, 0.4) is 0 Å². The van der Waals surface area contributed by atoms with Gasteiger partial charge in [0, 0.05) is 44.7 Å². The Morgan fingerprint density at radius 3 is 2.54 bits per heavy atom. The molecule has 2 saturated heterocycles. The second kappa shape index (κ2) is 12.6. The summed E-state index contributed by atoms with van der Waals surface area (Å²) in [7, 11) is 0. The van der Waals surface area contributed by atoms with Gasteiger partial charge in [-0.3, -0.25) is 4.90 Å². The second-order valence-electron chi connectivity index (χ2n) is 7.40. The third-order valence-corrected chi connectivity index (χ3v) is 5.39. The number of hydrogen-bond donors (Lipinski definition) is 2. The van der Waals surface area contributed by atoms with E-state index in [1.54, 1.807) is 0 Å². The summed E-state index contributed by atoms with van der Waals surface area (Å²) < 4.78 is 11.2. The molecule has 6 nitrogen and oxygen atoms in total. The third kappa shape index (κ3) is 7.17. The fourth-order valence-electron chi connectivity index (χ4n) is 3.77. The molecule has 0 bridgehead atoms. The first kappa shape index (κ1) is 23.4. The van der Waals surface area contributed by atoms with Crippen LogP contribution in [-0.4, -0.2) is 69.5 Å². The van der Waals surface area contributed by atoms with E-state index in [9.17, 15) is 0 Å². The minimum atomic E-state index is 0. The summed E-state index contributed by atoms with van der Waals surface area (Å²) in [5.41, 5.74) is 2.51. The summed E-state index contributed by atoms with van der Waals surface area (Å²) in [6, 6.07) is 9.03. The normalized spacial score (nSPS) is 21.8. The molecular weight excluding hydrogens is 467 g/mol. The Labute approximate surface area is 186 Å². The number of halogens is 1. The number of aliphatic imine (C=N–C) groups is 1. The molecule has 2 unspecified atom stereocenters. The Morgan fingerprint density at radius 1 is 1.14 bits per heavy atom. The molecule has 2 fully saturated rings. The molecule has 28 heavy (non-hydrogen) atoms. The lowest BCUT2D eigenvalue weighted by molar-refractivity contribution is 0.00246. The summed E-state index contributed by atoms with van der Waals surface area (Å²) in [4.78, 5) is 7.33. The molecule has 0 aromatic heterocycles. The molecule has 158 valence electrons. The van der Waals surface area contributed by atoms with E-state index >= 15 is 0 Å². The summed E-state index contributed by atoms with van der Waals surface area (Å²) in [5.74, 6) is 1.46.